The highest BCUT2D eigenvalue weighted by Crippen LogP contribution is 2.38. The largest absolute Gasteiger partial charge is 0.472 e. The van der Waals surface area contributed by atoms with Crippen molar-refractivity contribution in [2.45, 2.75) is 38.3 Å². The highest BCUT2D eigenvalue weighted by molar-refractivity contribution is 9.10. The molecule has 2 aliphatic heterocycles. The summed E-state index contributed by atoms with van der Waals surface area (Å²) in [5.74, 6) is 1.40. The Morgan fingerprint density at radius 1 is 1.17 bits per heavy atom. The molecule has 0 aromatic carbocycles. The van der Waals surface area contributed by atoms with Crippen molar-refractivity contribution in [1.29, 1.82) is 0 Å². The van der Waals surface area contributed by atoms with E-state index in [9.17, 15) is 4.79 Å². The molecule has 2 bridgehead atoms. The Morgan fingerprint density at radius 3 is 2.73 bits per heavy atom. The third-order valence-corrected chi connectivity index (χ3v) is 6.27. The molecule has 3 aliphatic rings. The Kier molecular flexibility index (Phi) is 4.98. The van der Waals surface area contributed by atoms with E-state index in [-0.39, 0.29) is 18.1 Å². The molecular weight excluding hydrogens is 448 g/mol. The van der Waals surface area contributed by atoms with Crippen molar-refractivity contribution in [3.8, 4) is 11.7 Å². The lowest BCUT2D eigenvalue weighted by molar-refractivity contribution is -0.0314. The standard InChI is InChI=1S/C21H21BrN6O2/c1-13-8-16(20(24-10-13)28-25-6-7-26-28)21(29)27-12-14-2-4-17(27)18(9-14)30-19-5-3-15(22)11-23-19/h3,5-8,10-11,14,17-18H,2,4,9,12H2,1H3. The summed E-state index contributed by atoms with van der Waals surface area (Å²) in [4.78, 5) is 25.8. The Labute approximate surface area is 182 Å². The van der Waals surface area contributed by atoms with Crippen LogP contribution in [0.25, 0.3) is 5.82 Å². The Bertz CT molecular complexity index is 1060. The van der Waals surface area contributed by atoms with Crippen LogP contribution in [0.5, 0.6) is 5.88 Å². The summed E-state index contributed by atoms with van der Waals surface area (Å²) >= 11 is 3.40. The van der Waals surface area contributed by atoms with Crippen LogP contribution in [0.15, 0.2) is 47.5 Å². The molecule has 3 unspecified atom stereocenters. The Balaban J connectivity index is 1.44. The second-order valence-corrected chi connectivity index (χ2v) is 8.79. The molecule has 9 heteroatoms. The molecule has 1 amide bonds. The molecule has 0 spiro atoms. The van der Waals surface area contributed by atoms with Crippen LogP contribution in [0.2, 0.25) is 0 Å². The molecule has 8 nitrogen and oxygen atoms in total. The number of hydrogen-bond donors (Lipinski definition) is 0. The van der Waals surface area contributed by atoms with Gasteiger partial charge >= 0.3 is 0 Å². The van der Waals surface area contributed by atoms with E-state index in [1.807, 2.05) is 30.0 Å². The molecule has 1 saturated carbocycles. The van der Waals surface area contributed by atoms with Gasteiger partial charge < -0.3 is 9.64 Å². The predicted molar refractivity (Wildman–Crippen MR) is 112 cm³/mol. The van der Waals surface area contributed by atoms with Gasteiger partial charge in [0.05, 0.1) is 24.0 Å². The van der Waals surface area contributed by atoms with Crippen LogP contribution in [0.4, 0.5) is 0 Å². The molecule has 30 heavy (non-hydrogen) atoms. The molecule has 0 N–H and O–H groups in total. The number of aromatic nitrogens is 5. The van der Waals surface area contributed by atoms with Gasteiger partial charge in [0.25, 0.3) is 5.91 Å². The van der Waals surface area contributed by atoms with E-state index in [0.717, 1.165) is 35.8 Å². The van der Waals surface area contributed by atoms with Crippen LogP contribution in [-0.2, 0) is 0 Å². The van der Waals surface area contributed by atoms with Crippen molar-refractivity contribution in [3.05, 3.63) is 58.6 Å². The first-order chi connectivity index (χ1) is 14.6. The highest BCUT2D eigenvalue weighted by Gasteiger charge is 2.45. The van der Waals surface area contributed by atoms with Crippen LogP contribution in [0.1, 0.15) is 35.2 Å². The van der Waals surface area contributed by atoms with Gasteiger partial charge in [0, 0.05) is 29.5 Å². The van der Waals surface area contributed by atoms with E-state index in [2.05, 4.69) is 36.1 Å². The van der Waals surface area contributed by atoms with E-state index in [1.165, 1.54) is 4.80 Å². The smallest absolute Gasteiger partial charge is 0.258 e. The topological polar surface area (TPSA) is 86.0 Å². The molecule has 6 rings (SSSR count). The van der Waals surface area contributed by atoms with Crippen LogP contribution in [0, 0.1) is 12.8 Å². The van der Waals surface area contributed by atoms with Crippen molar-refractivity contribution in [2.75, 3.05) is 6.54 Å². The zero-order valence-corrected chi connectivity index (χ0v) is 18.1. The van der Waals surface area contributed by atoms with Crippen molar-refractivity contribution in [3.63, 3.8) is 0 Å². The van der Waals surface area contributed by atoms with Crippen molar-refractivity contribution in [2.24, 2.45) is 5.92 Å². The lowest BCUT2D eigenvalue weighted by atomic mass is 9.77. The van der Waals surface area contributed by atoms with Gasteiger partial charge in [0.15, 0.2) is 5.82 Å². The number of pyridine rings is 2. The van der Waals surface area contributed by atoms with Gasteiger partial charge in [-0.05, 0) is 65.7 Å². The Hall–Kier alpha value is -2.81. The number of rotatable bonds is 4. The third-order valence-electron chi connectivity index (χ3n) is 5.80. The van der Waals surface area contributed by atoms with Crippen LogP contribution in [0.3, 0.4) is 0 Å². The van der Waals surface area contributed by atoms with Crippen molar-refractivity contribution < 1.29 is 9.53 Å². The molecule has 154 valence electrons. The van der Waals surface area contributed by atoms with Gasteiger partial charge in [0.1, 0.15) is 6.10 Å². The van der Waals surface area contributed by atoms with Gasteiger partial charge in [-0.3, -0.25) is 4.79 Å². The first-order valence-electron chi connectivity index (χ1n) is 10.0. The van der Waals surface area contributed by atoms with Crippen LogP contribution >= 0.6 is 15.9 Å². The number of piperidine rings is 2. The van der Waals surface area contributed by atoms with E-state index in [1.54, 1.807) is 24.8 Å². The van der Waals surface area contributed by atoms with Crippen LogP contribution < -0.4 is 4.74 Å². The fourth-order valence-electron chi connectivity index (χ4n) is 4.44. The highest BCUT2D eigenvalue weighted by atomic mass is 79.9. The number of ether oxygens (including phenoxy) is 1. The minimum atomic E-state index is -0.0702. The first kappa shape index (κ1) is 19.2. The number of nitrogens with zero attached hydrogens (tertiary/aromatic N) is 6. The number of aryl methyl sites for hydroxylation is 1. The summed E-state index contributed by atoms with van der Waals surface area (Å²) < 4.78 is 7.12. The number of amides is 1. The van der Waals surface area contributed by atoms with Crippen molar-refractivity contribution in [1.82, 2.24) is 29.9 Å². The average Bonchev–Trinajstić information content (AvgIpc) is 3.30. The SMILES string of the molecule is Cc1cnc(-n2nccn2)c(C(=O)N2CC3CCC2C(Oc2ccc(Br)cn2)C3)c1. The van der Waals surface area contributed by atoms with Gasteiger partial charge in [-0.25, -0.2) is 9.97 Å². The summed E-state index contributed by atoms with van der Waals surface area (Å²) in [5, 5.41) is 8.33. The first-order valence-corrected chi connectivity index (χ1v) is 10.8. The minimum Gasteiger partial charge on any atom is -0.472 e. The minimum absolute atomic E-state index is 0.00638. The fourth-order valence-corrected chi connectivity index (χ4v) is 4.67. The normalized spacial score (nSPS) is 22.9. The zero-order valence-electron chi connectivity index (χ0n) is 16.5. The van der Waals surface area contributed by atoms with E-state index >= 15 is 0 Å². The second-order valence-electron chi connectivity index (χ2n) is 7.88. The summed E-state index contributed by atoms with van der Waals surface area (Å²) in [7, 11) is 0. The van der Waals surface area contributed by atoms with Gasteiger partial charge in [-0.15, -0.1) is 4.80 Å². The molecule has 0 radical (unpaired) electrons. The van der Waals surface area contributed by atoms with Crippen molar-refractivity contribution >= 4 is 21.8 Å². The summed E-state index contributed by atoms with van der Waals surface area (Å²) in [6.45, 7) is 2.66. The maximum atomic E-state index is 13.6. The average molecular weight is 469 g/mol. The number of halogens is 1. The summed E-state index contributed by atoms with van der Waals surface area (Å²) in [6, 6.07) is 5.63. The van der Waals surface area contributed by atoms with Gasteiger partial charge in [-0.1, -0.05) is 0 Å². The Morgan fingerprint density at radius 2 is 2.00 bits per heavy atom. The molecule has 5 heterocycles. The molecule has 3 atom stereocenters. The van der Waals surface area contributed by atoms with E-state index in [4.69, 9.17) is 4.74 Å². The number of carbonyl (C=O) groups is 1. The number of hydrogen-bond acceptors (Lipinski definition) is 6. The lowest BCUT2D eigenvalue weighted by Gasteiger charge is -2.49. The fraction of sp³-hybridized carbons (Fsp3) is 0.381. The number of carbonyl (C=O) groups excluding carboxylic acids is 1. The quantitative estimate of drug-likeness (QED) is 0.584. The molecular formula is C21H21BrN6O2. The molecule has 2 saturated heterocycles. The third kappa shape index (κ3) is 3.58. The lowest BCUT2D eigenvalue weighted by Crippen LogP contribution is -2.59. The maximum Gasteiger partial charge on any atom is 0.258 e. The zero-order chi connectivity index (χ0) is 20.7. The van der Waals surface area contributed by atoms with E-state index in [0.29, 0.717) is 23.2 Å². The summed E-state index contributed by atoms with van der Waals surface area (Å²) in [5.41, 5.74) is 1.43. The van der Waals surface area contributed by atoms with Gasteiger partial charge in [0.2, 0.25) is 5.88 Å². The number of fused-ring (bicyclic) bond motifs is 3. The monoisotopic (exact) mass is 468 g/mol. The predicted octanol–water partition coefficient (Wildman–Crippen LogP) is 3.20. The van der Waals surface area contributed by atoms with Gasteiger partial charge in [-0.2, -0.15) is 10.2 Å². The van der Waals surface area contributed by atoms with Crippen LogP contribution in [-0.4, -0.2) is 54.5 Å². The molecule has 1 aliphatic carbocycles. The summed E-state index contributed by atoms with van der Waals surface area (Å²) in [6.07, 6.45) is 9.50. The molecule has 3 fully saturated rings. The van der Waals surface area contributed by atoms with E-state index < -0.39 is 0 Å². The second kappa shape index (κ2) is 7.79. The molecule has 3 aromatic rings. The maximum absolute atomic E-state index is 13.6. The molecule has 3 aromatic heterocycles.